The van der Waals surface area contributed by atoms with E-state index in [1.807, 2.05) is 0 Å². The lowest BCUT2D eigenvalue weighted by atomic mass is 9.98. The smallest absolute Gasteiger partial charge is 0.256 e. The number of ether oxygens (including phenoxy) is 6. The first-order valence-corrected chi connectivity index (χ1v) is 9.47. The molecule has 9 heteroatoms. The minimum absolute atomic E-state index is 0.385. The Bertz CT molecular complexity index is 784. The van der Waals surface area contributed by atoms with Crippen LogP contribution in [0, 0.1) is 0 Å². The number of carbonyl (C=O) groups excluding carboxylic acids is 1. The molecule has 1 N–H and O–H groups in total. The quantitative estimate of drug-likeness (QED) is 0.815. The van der Waals surface area contributed by atoms with E-state index in [1.54, 1.807) is 45.9 Å². The summed E-state index contributed by atoms with van der Waals surface area (Å²) in [4.78, 5) is 13.0. The van der Waals surface area contributed by atoms with Crippen LogP contribution >= 0.6 is 11.6 Å². The van der Waals surface area contributed by atoms with Crippen molar-refractivity contribution >= 4 is 23.2 Å². The molecule has 0 spiro atoms. The summed E-state index contributed by atoms with van der Waals surface area (Å²) in [6.45, 7) is 7.16. The van der Waals surface area contributed by atoms with Gasteiger partial charge in [-0.3, -0.25) is 4.79 Å². The standard InChI is InChI=1S/C19H24ClNO7/c1-18(2)25-12-13(26-18)15-17(28-19(3,4)27-15)24-14(12)16(22)21-9-6-7-11(23-5)10(20)8-9/h6-8,12-15,17H,1-5H3,(H,21,22)/t12-,13+,14+,15+,17+/m0/s1. The van der Waals surface area contributed by atoms with E-state index in [1.165, 1.54) is 7.11 Å². The predicted octanol–water partition coefficient (Wildman–Crippen LogP) is 2.68. The number of hydrogen-bond donors (Lipinski definition) is 1. The number of rotatable bonds is 3. The monoisotopic (exact) mass is 413 g/mol. The van der Waals surface area contributed by atoms with Crippen molar-refractivity contribution in [3.8, 4) is 5.75 Å². The van der Waals surface area contributed by atoms with Crippen molar-refractivity contribution in [2.45, 2.75) is 70.0 Å². The fraction of sp³-hybridized carbons (Fsp3) is 0.632. The highest BCUT2D eigenvalue weighted by atomic mass is 35.5. The van der Waals surface area contributed by atoms with Gasteiger partial charge in [-0.25, -0.2) is 0 Å². The van der Waals surface area contributed by atoms with Crippen molar-refractivity contribution in [2.24, 2.45) is 0 Å². The van der Waals surface area contributed by atoms with E-state index in [9.17, 15) is 4.79 Å². The minimum Gasteiger partial charge on any atom is -0.495 e. The van der Waals surface area contributed by atoms with Gasteiger partial charge in [0, 0.05) is 5.69 Å². The summed E-state index contributed by atoms with van der Waals surface area (Å²) >= 11 is 6.14. The topological polar surface area (TPSA) is 84.5 Å². The number of benzene rings is 1. The van der Waals surface area contributed by atoms with Crippen molar-refractivity contribution in [3.05, 3.63) is 23.2 Å². The molecule has 0 bridgehead atoms. The summed E-state index contributed by atoms with van der Waals surface area (Å²) in [6.07, 6.45) is -3.29. The minimum atomic E-state index is -0.939. The lowest BCUT2D eigenvalue weighted by molar-refractivity contribution is -0.229. The summed E-state index contributed by atoms with van der Waals surface area (Å²) in [5, 5.41) is 3.20. The number of methoxy groups -OCH3 is 1. The molecule has 0 saturated carbocycles. The van der Waals surface area contributed by atoms with Crippen molar-refractivity contribution in [1.29, 1.82) is 0 Å². The number of carbonyl (C=O) groups is 1. The Morgan fingerprint density at radius 3 is 2.36 bits per heavy atom. The fourth-order valence-corrected chi connectivity index (χ4v) is 4.04. The Kier molecular flexibility index (Phi) is 4.85. The van der Waals surface area contributed by atoms with Crippen LogP contribution in [-0.2, 0) is 28.5 Å². The summed E-state index contributed by atoms with van der Waals surface area (Å²) in [5.74, 6) is -1.58. The van der Waals surface area contributed by atoms with Crippen LogP contribution in [0.25, 0.3) is 0 Å². The van der Waals surface area contributed by atoms with Crippen molar-refractivity contribution < 1.29 is 33.2 Å². The first-order valence-electron chi connectivity index (χ1n) is 9.10. The Morgan fingerprint density at radius 1 is 1.04 bits per heavy atom. The number of fused-ring (bicyclic) bond motifs is 3. The zero-order chi connectivity index (χ0) is 20.3. The second-order valence-corrected chi connectivity index (χ2v) is 8.34. The molecule has 3 saturated heterocycles. The number of halogens is 1. The molecule has 1 aromatic carbocycles. The highest BCUT2D eigenvalue weighted by molar-refractivity contribution is 6.32. The Balaban J connectivity index is 1.56. The van der Waals surface area contributed by atoms with Gasteiger partial charge in [-0.1, -0.05) is 11.6 Å². The zero-order valence-electron chi connectivity index (χ0n) is 16.4. The van der Waals surface area contributed by atoms with Crippen LogP contribution in [0.1, 0.15) is 27.7 Å². The highest BCUT2D eigenvalue weighted by Crippen LogP contribution is 2.44. The Hall–Kier alpha value is -1.42. The number of amides is 1. The van der Waals surface area contributed by atoms with E-state index in [0.29, 0.717) is 16.5 Å². The van der Waals surface area contributed by atoms with Gasteiger partial charge in [-0.05, 0) is 45.9 Å². The predicted molar refractivity (Wildman–Crippen MR) is 99.2 cm³/mol. The fourth-order valence-electron chi connectivity index (χ4n) is 3.78. The van der Waals surface area contributed by atoms with Gasteiger partial charge in [0.05, 0.1) is 12.1 Å². The molecule has 3 aliphatic rings. The lowest BCUT2D eigenvalue weighted by Crippen LogP contribution is -2.58. The molecule has 28 heavy (non-hydrogen) atoms. The van der Waals surface area contributed by atoms with E-state index in [0.717, 1.165) is 0 Å². The van der Waals surface area contributed by atoms with E-state index < -0.39 is 42.3 Å². The second kappa shape index (κ2) is 6.83. The van der Waals surface area contributed by atoms with Crippen molar-refractivity contribution in [1.82, 2.24) is 0 Å². The first-order chi connectivity index (χ1) is 13.1. The van der Waals surface area contributed by atoms with Crippen LogP contribution in [-0.4, -0.2) is 55.3 Å². The van der Waals surface area contributed by atoms with E-state index >= 15 is 0 Å². The number of hydrogen-bond acceptors (Lipinski definition) is 7. The maximum Gasteiger partial charge on any atom is 0.256 e. The molecule has 1 aromatic rings. The van der Waals surface area contributed by atoms with Crippen LogP contribution in [0.15, 0.2) is 18.2 Å². The van der Waals surface area contributed by atoms with Gasteiger partial charge in [0.1, 0.15) is 24.1 Å². The normalized spacial score (nSPS) is 35.1. The summed E-state index contributed by atoms with van der Waals surface area (Å²) in [5.41, 5.74) is 0.514. The van der Waals surface area contributed by atoms with Gasteiger partial charge < -0.3 is 33.7 Å². The molecule has 0 aromatic heterocycles. The van der Waals surface area contributed by atoms with Crippen LogP contribution < -0.4 is 10.1 Å². The molecule has 0 aliphatic carbocycles. The third-order valence-corrected chi connectivity index (χ3v) is 5.13. The molecule has 4 rings (SSSR count). The molecule has 3 heterocycles. The molecule has 8 nitrogen and oxygen atoms in total. The molecule has 0 radical (unpaired) electrons. The van der Waals surface area contributed by atoms with Crippen LogP contribution in [0.3, 0.4) is 0 Å². The van der Waals surface area contributed by atoms with E-state index in [4.69, 9.17) is 40.0 Å². The number of nitrogens with one attached hydrogen (secondary N) is 1. The molecule has 0 unspecified atom stereocenters. The van der Waals surface area contributed by atoms with Crippen LogP contribution in [0.5, 0.6) is 5.75 Å². The van der Waals surface area contributed by atoms with Gasteiger partial charge in [0.25, 0.3) is 5.91 Å². The Morgan fingerprint density at radius 2 is 1.68 bits per heavy atom. The summed E-state index contributed by atoms with van der Waals surface area (Å²) in [6, 6.07) is 4.98. The number of anilines is 1. The highest BCUT2D eigenvalue weighted by Gasteiger charge is 2.62. The molecule has 5 atom stereocenters. The van der Waals surface area contributed by atoms with Gasteiger partial charge >= 0.3 is 0 Å². The average molecular weight is 414 g/mol. The second-order valence-electron chi connectivity index (χ2n) is 7.93. The molecule has 3 aliphatic heterocycles. The summed E-state index contributed by atoms with van der Waals surface area (Å²) < 4.78 is 34.8. The van der Waals surface area contributed by atoms with Crippen molar-refractivity contribution in [3.63, 3.8) is 0 Å². The molecule has 1 amide bonds. The zero-order valence-corrected chi connectivity index (χ0v) is 17.1. The van der Waals surface area contributed by atoms with Crippen molar-refractivity contribution in [2.75, 3.05) is 12.4 Å². The Labute approximate surface area is 168 Å². The summed E-state index contributed by atoms with van der Waals surface area (Å²) in [7, 11) is 1.52. The van der Waals surface area contributed by atoms with Crippen LogP contribution in [0.4, 0.5) is 5.69 Å². The third kappa shape index (κ3) is 3.60. The van der Waals surface area contributed by atoms with Gasteiger partial charge in [-0.15, -0.1) is 0 Å². The largest absolute Gasteiger partial charge is 0.495 e. The lowest BCUT2D eigenvalue weighted by Gasteiger charge is -2.36. The van der Waals surface area contributed by atoms with Gasteiger partial charge in [0.2, 0.25) is 0 Å². The molecule has 3 fully saturated rings. The molecular formula is C19H24ClNO7. The molecular weight excluding hydrogens is 390 g/mol. The van der Waals surface area contributed by atoms with Crippen LogP contribution in [0.2, 0.25) is 5.02 Å². The maximum absolute atomic E-state index is 13.0. The maximum atomic E-state index is 13.0. The molecule has 154 valence electrons. The van der Waals surface area contributed by atoms with Gasteiger partial charge in [-0.2, -0.15) is 0 Å². The SMILES string of the molecule is COc1ccc(NC(=O)[C@@H]2O[C@@H]3OC(C)(C)O[C@@H]3[C@@H]3OC(C)(C)O[C@@H]32)cc1Cl. The average Bonchev–Trinajstić information content (AvgIpc) is 3.08. The van der Waals surface area contributed by atoms with E-state index in [2.05, 4.69) is 5.32 Å². The van der Waals surface area contributed by atoms with E-state index in [-0.39, 0.29) is 5.91 Å². The first kappa shape index (κ1) is 19.9. The van der Waals surface area contributed by atoms with Gasteiger partial charge in [0.15, 0.2) is 24.0 Å². The third-order valence-electron chi connectivity index (χ3n) is 4.83.